The molecular weight excluding hydrogens is 581 g/mol. The van der Waals surface area contributed by atoms with Gasteiger partial charge in [0.1, 0.15) is 23.9 Å². The minimum Gasteiger partial charge on any atom is -0.467 e. The van der Waals surface area contributed by atoms with Gasteiger partial charge in [-0.05, 0) is 48.8 Å². The van der Waals surface area contributed by atoms with Crippen molar-refractivity contribution in [2.45, 2.75) is 70.1 Å². The van der Waals surface area contributed by atoms with Crippen LogP contribution in [0.15, 0.2) is 66.7 Å². The van der Waals surface area contributed by atoms with Crippen LogP contribution in [0.3, 0.4) is 0 Å². The Kier molecular flexibility index (Phi) is 13.5. The van der Waals surface area contributed by atoms with Gasteiger partial charge >= 0.3 is 12.0 Å². The highest BCUT2D eigenvalue weighted by atomic mass is 19.1. The molecular formula is C33H42FN5O6. The molecule has 0 unspecified atom stereocenters. The summed E-state index contributed by atoms with van der Waals surface area (Å²) in [7, 11) is 1.22. The van der Waals surface area contributed by atoms with Crippen molar-refractivity contribution in [1.82, 2.24) is 26.6 Å². The molecule has 0 radical (unpaired) electrons. The third kappa shape index (κ3) is 11.4. The van der Waals surface area contributed by atoms with Crippen molar-refractivity contribution in [3.63, 3.8) is 0 Å². The van der Waals surface area contributed by atoms with Crippen LogP contribution >= 0.6 is 0 Å². The molecule has 0 aromatic heterocycles. The Morgan fingerprint density at radius 2 is 1.71 bits per heavy atom. The predicted octanol–water partition coefficient (Wildman–Crippen LogP) is 2.30. The number of hydrogen-bond donors (Lipinski definition) is 5. The zero-order valence-electron chi connectivity index (χ0n) is 25.8. The fourth-order valence-corrected chi connectivity index (χ4v) is 4.86. The molecule has 5 N–H and O–H groups in total. The Labute approximate surface area is 262 Å². The molecule has 0 spiro atoms. The normalized spacial score (nSPS) is 19.4. The Bertz CT molecular complexity index is 1350. The van der Waals surface area contributed by atoms with Gasteiger partial charge in [-0.1, -0.05) is 68.5 Å². The summed E-state index contributed by atoms with van der Waals surface area (Å²) in [6.07, 6.45) is 4.32. The Morgan fingerprint density at radius 1 is 1.00 bits per heavy atom. The molecule has 12 heteroatoms. The number of methoxy groups -OCH3 is 1. The van der Waals surface area contributed by atoms with Gasteiger partial charge in [-0.15, -0.1) is 0 Å². The second-order valence-electron chi connectivity index (χ2n) is 11.2. The quantitative estimate of drug-likeness (QED) is 0.256. The molecule has 0 saturated carbocycles. The predicted molar refractivity (Wildman–Crippen MR) is 166 cm³/mol. The van der Waals surface area contributed by atoms with E-state index in [0.717, 1.165) is 5.56 Å². The zero-order valence-corrected chi connectivity index (χ0v) is 25.8. The van der Waals surface area contributed by atoms with Crippen molar-refractivity contribution in [3.05, 3.63) is 83.7 Å². The number of urea groups is 1. The SMILES string of the molecule is COC(=O)[C@@H](NC(=O)N[C@@H](Cc1ccccc1)C(=O)N[C@H]1CCCCNC(=O)/C=C/[C@H](Cc2ccccc2F)NC1=O)C(C)C. The van der Waals surface area contributed by atoms with Crippen LogP contribution in [-0.4, -0.2) is 67.5 Å². The van der Waals surface area contributed by atoms with E-state index in [1.54, 1.807) is 44.2 Å². The number of nitrogens with one attached hydrogen (secondary N) is 5. The zero-order chi connectivity index (χ0) is 32.8. The summed E-state index contributed by atoms with van der Waals surface area (Å²) in [4.78, 5) is 64.7. The van der Waals surface area contributed by atoms with Crippen LogP contribution in [0.4, 0.5) is 9.18 Å². The number of esters is 1. The molecule has 242 valence electrons. The van der Waals surface area contributed by atoms with E-state index in [-0.39, 0.29) is 31.1 Å². The maximum Gasteiger partial charge on any atom is 0.328 e. The number of halogens is 1. The second-order valence-corrected chi connectivity index (χ2v) is 11.2. The summed E-state index contributed by atoms with van der Waals surface area (Å²) < 4.78 is 19.2. The number of carbonyl (C=O) groups is 5. The van der Waals surface area contributed by atoms with Gasteiger partial charge in [-0.3, -0.25) is 14.4 Å². The number of hydrogen-bond acceptors (Lipinski definition) is 6. The van der Waals surface area contributed by atoms with Crippen LogP contribution in [0, 0.1) is 11.7 Å². The smallest absolute Gasteiger partial charge is 0.328 e. The fourth-order valence-electron chi connectivity index (χ4n) is 4.86. The van der Waals surface area contributed by atoms with Gasteiger partial charge in [0.2, 0.25) is 17.7 Å². The van der Waals surface area contributed by atoms with Crippen molar-refractivity contribution in [2.24, 2.45) is 5.92 Å². The average molecular weight is 624 g/mol. The average Bonchev–Trinajstić information content (AvgIpc) is 3.01. The first-order valence-electron chi connectivity index (χ1n) is 15.1. The van der Waals surface area contributed by atoms with Gasteiger partial charge in [0.15, 0.2) is 0 Å². The Balaban J connectivity index is 1.81. The van der Waals surface area contributed by atoms with Crippen LogP contribution in [-0.2, 0) is 36.8 Å². The lowest BCUT2D eigenvalue weighted by atomic mass is 10.0. The van der Waals surface area contributed by atoms with Crippen molar-refractivity contribution in [3.8, 4) is 0 Å². The van der Waals surface area contributed by atoms with Crippen molar-refractivity contribution in [2.75, 3.05) is 13.7 Å². The number of carbonyl (C=O) groups excluding carboxylic acids is 5. The van der Waals surface area contributed by atoms with Crippen LogP contribution in [0.5, 0.6) is 0 Å². The lowest BCUT2D eigenvalue weighted by Gasteiger charge is -2.26. The lowest BCUT2D eigenvalue weighted by molar-refractivity contribution is -0.144. The standard InChI is InChI=1S/C33H42FN5O6/c1-21(2)29(32(43)45-3)39-33(44)38-27(19-22-11-5-4-6-12-22)31(42)37-26-15-9-10-18-35-28(40)17-16-24(36-30(26)41)20-23-13-7-8-14-25(23)34/h4-8,11-14,16-17,21,24,26-27,29H,9-10,15,18-20H2,1-3H3,(H,35,40)(H,36,41)(H,37,42)(H2,38,39,44)/b17-16+/t24-,26+,27+,29+/m1/s1. The largest absolute Gasteiger partial charge is 0.467 e. The first kappa shape index (κ1) is 34.7. The Hall–Kier alpha value is -4.74. The Morgan fingerprint density at radius 3 is 2.40 bits per heavy atom. The van der Waals surface area contributed by atoms with E-state index >= 15 is 0 Å². The molecule has 3 rings (SSSR count). The maximum atomic E-state index is 14.4. The van der Waals surface area contributed by atoms with Crippen molar-refractivity contribution in [1.29, 1.82) is 0 Å². The van der Waals surface area contributed by atoms with Crippen LogP contribution in [0.2, 0.25) is 0 Å². The fraction of sp³-hybridized carbons (Fsp3) is 0.424. The number of amides is 5. The third-order valence-corrected chi connectivity index (χ3v) is 7.37. The molecule has 4 atom stereocenters. The van der Waals surface area contributed by atoms with Gasteiger partial charge in [0.25, 0.3) is 0 Å². The summed E-state index contributed by atoms with van der Waals surface area (Å²) in [5.74, 6) is -2.78. The first-order chi connectivity index (χ1) is 21.6. The maximum absolute atomic E-state index is 14.4. The van der Waals surface area contributed by atoms with Gasteiger partial charge in [-0.2, -0.15) is 0 Å². The highest BCUT2D eigenvalue weighted by Gasteiger charge is 2.30. The van der Waals surface area contributed by atoms with Gasteiger partial charge in [0, 0.05) is 19.0 Å². The first-order valence-corrected chi connectivity index (χ1v) is 15.1. The molecule has 5 amide bonds. The van der Waals surface area contributed by atoms with E-state index in [9.17, 15) is 28.4 Å². The summed E-state index contributed by atoms with van der Waals surface area (Å²) in [5.41, 5.74) is 1.12. The third-order valence-electron chi connectivity index (χ3n) is 7.37. The monoisotopic (exact) mass is 623 g/mol. The molecule has 1 aliphatic heterocycles. The number of ether oxygens (including phenoxy) is 1. The highest BCUT2D eigenvalue weighted by molar-refractivity contribution is 5.93. The van der Waals surface area contributed by atoms with Gasteiger partial charge in [-0.25, -0.2) is 14.0 Å². The minimum absolute atomic E-state index is 0.0818. The summed E-state index contributed by atoms with van der Waals surface area (Å²) >= 11 is 0. The topological polar surface area (TPSA) is 155 Å². The molecule has 0 aliphatic carbocycles. The molecule has 2 aromatic rings. The number of rotatable bonds is 10. The van der Waals surface area contributed by atoms with Gasteiger partial charge < -0.3 is 31.3 Å². The minimum atomic E-state index is -1.10. The molecule has 0 bridgehead atoms. The summed E-state index contributed by atoms with van der Waals surface area (Å²) in [5, 5.41) is 13.6. The van der Waals surface area contributed by atoms with Gasteiger partial charge in [0.05, 0.1) is 13.2 Å². The highest BCUT2D eigenvalue weighted by Crippen LogP contribution is 2.12. The molecule has 2 aromatic carbocycles. The van der Waals surface area contributed by atoms with E-state index in [4.69, 9.17) is 4.74 Å². The summed E-state index contributed by atoms with van der Waals surface area (Å²) in [6.45, 7) is 3.87. The van der Waals surface area contributed by atoms with Crippen molar-refractivity contribution < 1.29 is 33.1 Å². The molecule has 0 fully saturated rings. The number of benzene rings is 2. The molecule has 0 saturated heterocycles. The second kappa shape index (κ2) is 17.5. The van der Waals surface area contributed by atoms with E-state index in [1.807, 2.05) is 18.2 Å². The van der Waals surface area contributed by atoms with Crippen molar-refractivity contribution >= 4 is 29.7 Å². The van der Waals surface area contributed by atoms with Crippen LogP contribution in [0.1, 0.15) is 44.2 Å². The van der Waals surface area contributed by atoms with E-state index in [0.29, 0.717) is 24.9 Å². The van der Waals surface area contributed by atoms with E-state index in [2.05, 4.69) is 26.6 Å². The summed E-state index contributed by atoms with van der Waals surface area (Å²) in [6, 6.07) is 10.7. The van der Waals surface area contributed by atoms with E-state index < -0.39 is 53.8 Å². The molecule has 1 aliphatic rings. The van der Waals surface area contributed by atoms with Crippen LogP contribution < -0.4 is 26.6 Å². The molecule has 1 heterocycles. The lowest BCUT2D eigenvalue weighted by Crippen LogP contribution is -2.58. The molecule has 11 nitrogen and oxygen atoms in total. The van der Waals surface area contributed by atoms with E-state index in [1.165, 1.54) is 25.3 Å². The van der Waals surface area contributed by atoms with Crippen LogP contribution in [0.25, 0.3) is 0 Å². The molecule has 45 heavy (non-hydrogen) atoms.